The molecule has 0 N–H and O–H groups in total. The molecule has 3 aromatic rings. The highest BCUT2D eigenvalue weighted by Gasteiger charge is 2.39. The lowest BCUT2D eigenvalue weighted by atomic mass is 9.99. The van der Waals surface area contributed by atoms with Crippen LogP contribution in [0.1, 0.15) is 29.2 Å². The van der Waals surface area contributed by atoms with Gasteiger partial charge in [0, 0.05) is 10.9 Å². The Balaban J connectivity index is 1.75. The van der Waals surface area contributed by atoms with Gasteiger partial charge in [-0.05, 0) is 54.4 Å². The summed E-state index contributed by atoms with van der Waals surface area (Å²) < 4.78 is 40.4. The Bertz CT molecular complexity index is 1260. The molecule has 1 atom stereocenters. The highest BCUT2D eigenvalue weighted by molar-refractivity contribution is 9.10. The normalized spacial score (nSPS) is 16.3. The van der Waals surface area contributed by atoms with Crippen molar-refractivity contribution in [2.75, 3.05) is 0 Å². The van der Waals surface area contributed by atoms with Crippen LogP contribution >= 0.6 is 15.9 Å². The van der Waals surface area contributed by atoms with Gasteiger partial charge in [0.15, 0.2) is 0 Å². The molecular weight excluding hydrogens is 483 g/mol. The number of rotatable bonds is 3. The summed E-state index contributed by atoms with van der Waals surface area (Å²) in [4.78, 5) is 13.1. The number of carbonyl (C=O) groups excluding carboxylic acids is 1. The molecule has 0 aromatic heterocycles. The fraction of sp³-hybridized carbons (Fsp3) is 0.130. The first-order valence-corrected chi connectivity index (χ1v) is 11.8. The molecule has 5 nitrogen and oxygen atoms in total. The van der Waals surface area contributed by atoms with Crippen LogP contribution in [0.15, 0.2) is 87.3 Å². The number of hydrazone groups is 1. The van der Waals surface area contributed by atoms with E-state index in [4.69, 9.17) is 0 Å². The summed E-state index contributed by atoms with van der Waals surface area (Å²) in [5.41, 5.74) is 2.84. The second kappa shape index (κ2) is 8.36. The van der Waals surface area contributed by atoms with Crippen LogP contribution < -0.4 is 0 Å². The number of carbonyl (C=O) groups is 1. The molecule has 158 valence electrons. The Labute approximate surface area is 188 Å². The molecule has 0 spiro atoms. The Hall–Kier alpha value is -2.84. The number of amides is 1. The van der Waals surface area contributed by atoms with E-state index >= 15 is 0 Å². The molecule has 0 saturated heterocycles. The van der Waals surface area contributed by atoms with Gasteiger partial charge in [-0.25, -0.2) is 17.8 Å². The van der Waals surface area contributed by atoms with Gasteiger partial charge in [-0.15, -0.1) is 0 Å². The van der Waals surface area contributed by atoms with E-state index in [1.165, 1.54) is 24.3 Å². The van der Waals surface area contributed by atoms with Gasteiger partial charge in [0.2, 0.25) is 0 Å². The minimum absolute atomic E-state index is 0.0896. The monoisotopic (exact) mass is 500 g/mol. The van der Waals surface area contributed by atoms with E-state index < -0.39 is 26.9 Å². The van der Waals surface area contributed by atoms with Gasteiger partial charge in [-0.3, -0.25) is 4.79 Å². The minimum Gasteiger partial charge on any atom is -0.254 e. The second-order valence-electron chi connectivity index (χ2n) is 7.25. The lowest BCUT2D eigenvalue weighted by Gasteiger charge is -2.21. The van der Waals surface area contributed by atoms with Gasteiger partial charge in [-0.2, -0.15) is 5.10 Å². The van der Waals surface area contributed by atoms with Gasteiger partial charge < -0.3 is 0 Å². The third-order valence-electron chi connectivity index (χ3n) is 5.09. The third-order valence-corrected chi connectivity index (χ3v) is 7.16. The standard InChI is InChI=1S/C23H18BrFN2O3S/c1-15-2-12-20(13-3-15)31(29,30)23(28)27-22(17-6-10-19(25)11-7-17)14-21(26-27)16-4-8-18(24)9-5-16/h2-13,22H,14H2,1H3/t22-/m0/s1. The number of benzene rings is 3. The molecule has 8 heteroatoms. The molecule has 1 aliphatic rings. The summed E-state index contributed by atoms with van der Waals surface area (Å²) in [6, 6.07) is 18.4. The highest BCUT2D eigenvalue weighted by Crippen LogP contribution is 2.35. The van der Waals surface area contributed by atoms with Crippen LogP contribution in [0.4, 0.5) is 9.18 Å². The number of hydrogen-bond acceptors (Lipinski definition) is 4. The molecule has 0 saturated carbocycles. The molecule has 0 aliphatic carbocycles. The molecule has 3 aromatic carbocycles. The summed E-state index contributed by atoms with van der Waals surface area (Å²) in [6.45, 7) is 1.83. The first-order chi connectivity index (χ1) is 14.8. The van der Waals surface area contributed by atoms with Gasteiger partial charge in [0.05, 0.1) is 16.6 Å². The van der Waals surface area contributed by atoms with E-state index in [2.05, 4.69) is 21.0 Å². The molecule has 1 heterocycles. The Morgan fingerprint density at radius 1 is 1.00 bits per heavy atom. The lowest BCUT2D eigenvalue weighted by molar-refractivity contribution is 0.209. The van der Waals surface area contributed by atoms with Crippen LogP contribution in [0.2, 0.25) is 0 Å². The van der Waals surface area contributed by atoms with E-state index in [1.807, 2.05) is 31.2 Å². The van der Waals surface area contributed by atoms with Gasteiger partial charge in [-0.1, -0.05) is 57.9 Å². The molecule has 31 heavy (non-hydrogen) atoms. The summed E-state index contributed by atoms with van der Waals surface area (Å²) in [5, 5.41) is 4.28. The van der Waals surface area contributed by atoms with Crippen LogP contribution in [-0.4, -0.2) is 24.4 Å². The predicted molar refractivity (Wildman–Crippen MR) is 120 cm³/mol. The van der Waals surface area contributed by atoms with E-state index in [0.29, 0.717) is 17.7 Å². The molecule has 0 fully saturated rings. The first kappa shape index (κ1) is 21.4. The number of sulfone groups is 1. The van der Waals surface area contributed by atoms with Gasteiger partial charge in [0.1, 0.15) is 5.82 Å². The van der Waals surface area contributed by atoms with Crippen molar-refractivity contribution in [2.24, 2.45) is 5.10 Å². The number of halogens is 2. The third kappa shape index (κ3) is 4.31. The maximum absolute atomic E-state index is 13.4. The van der Waals surface area contributed by atoms with E-state index in [9.17, 15) is 17.6 Å². The lowest BCUT2D eigenvalue weighted by Crippen LogP contribution is -2.32. The second-order valence-corrected chi connectivity index (χ2v) is 10.00. The molecule has 4 rings (SSSR count). The zero-order valence-corrected chi connectivity index (χ0v) is 18.9. The largest absolute Gasteiger partial charge is 0.364 e. The van der Waals surface area contributed by atoms with Crippen molar-refractivity contribution in [1.29, 1.82) is 0 Å². The maximum Gasteiger partial charge on any atom is 0.364 e. The van der Waals surface area contributed by atoms with Crippen LogP contribution in [0.25, 0.3) is 0 Å². The first-order valence-electron chi connectivity index (χ1n) is 9.49. The van der Waals surface area contributed by atoms with Crippen molar-refractivity contribution < 1.29 is 17.6 Å². The summed E-state index contributed by atoms with van der Waals surface area (Å²) in [7, 11) is -4.30. The predicted octanol–water partition coefficient (Wildman–Crippen LogP) is 5.64. The quantitative estimate of drug-likeness (QED) is 0.467. The Kier molecular flexibility index (Phi) is 5.77. The number of nitrogens with zero attached hydrogens (tertiary/aromatic N) is 2. The summed E-state index contributed by atoms with van der Waals surface area (Å²) in [5.74, 6) is -0.416. The SMILES string of the molecule is Cc1ccc(S(=O)(=O)C(=O)N2N=C(c3ccc(Br)cc3)C[C@H]2c2ccc(F)cc2)cc1. The molecule has 0 bridgehead atoms. The van der Waals surface area contributed by atoms with E-state index in [1.54, 1.807) is 24.3 Å². The summed E-state index contributed by atoms with van der Waals surface area (Å²) in [6.07, 6.45) is 0.308. The highest BCUT2D eigenvalue weighted by atomic mass is 79.9. The average molecular weight is 501 g/mol. The molecule has 1 aliphatic heterocycles. The smallest absolute Gasteiger partial charge is 0.254 e. The fourth-order valence-electron chi connectivity index (χ4n) is 3.38. The van der Waals surface area contributed by atoms with Gasteiger partial charge in [0.25, 0.3) is 9.84 Å². The van der Waals surface area contributed by atoms with E-state index in [-0.39, 0.29) is 4.90 Å². The molecule has 1 amide bonds. The van der Waals surface area contributed by atoms with Gasteiger partial charge >= 0.3 is 5.24 Å². The Morgan fingerprint density at radius 3 is 2.23 bits per heavy atom. The van der Waals surface area contributed by atoms with Crippen molar-refractivity contribution >= 4 is 36.7 Å². The summed E-state index contributed by atoms with van der Waals surface area (Å²) >= 11 is 3.38. The zero-order valence-electron chi connectivity index (χ0n) is 16.5. The maximum atomic E-state index is 13.4. The topological polar surface area (TPSA) is 66.8 Å². The number of aryl methyl sites for hydroxylation is 1. The van der Waals surface area contributed by atoms with Crippen molar-refractivity contribution in [3.8, 4) is 0 Å². The van der Waals surface area contributed by atoms with Crippen LogP contribution in [0.5, 0.6) is 0 Å². The van der Waals surface area contributed by atoms with Crippen molar-refractivity contribution in [1.82, 2.24) is 5.01 Å². The Morgan fingerprint density at radius 2 is 1.61 bits per heavy atom. The molecule has 0 unspecified atom stereocenters. The fourth-order valence-corrected chi connectivity index (χ4v) is 4.76. The van der Waals surface area contributed by atoms with Crippen molar-refractivity contribution in [3.05, 3.63) is 99.8 Å². The molecular formula is C23H18BrFN2O3S. The van der Waals surface area contributed by atoms with Crippen molar-refractivity contribution in [3.63, 3.8) is 0 Å². The van der Waals surface area contributed by atoms with Crippen LogP contribution in [0, 0.1) is 12.7 Å². The molecule has 0 radical (unpaired) electrons. The van der Waals surface area contributed by atoms with Crippen molar-refractivity contribution in [2.45, 2.75) is 24.3 Å². The average Bonchev–Trinajstić information content (AvgIpc) is 3.19. The minimum atomic E-state index is -4.30. The van der Waals surface area contributed by atoms with Crippen LogP contribution in [0.3, 0.4) is 0 Å². The zero-order chi connectivity index (χ0) is 22.2. The number of hydrogen-bond donors (Lipinski definition) is 0. The van der Waals surface area contributed by atoms with Crippen LogP contribution in [-0.2, 0) is 9.84 Å². The van der Waals surface area contributed by atoms with E-state index in [0.717, 1.165) is 20.6 Å².